The molecular formula is C20H18ClN3O3. The normalized spacial score (nSPS) is 10.4. The van der Waals surface area contributed by atoms with Gasteiger partial charge < -0.3 is 10.1 Å². The number of aromatic nitrogens is 2. The first-order valence-electron chi connectivity index (χ1n) is 8.32. The number of nitrogens with one attached hydrogen (secondary N) is 1. The van der Waals surface area contributed by atoms with E-state index in [-0.39, 0.29) is 13.0 Å². The van der Waals surface area contributed by atoms with Crippen molar-refractivity contribution in [1.29, 1.82) is 0 Å². The van der Waals surface area contributed by atoms with E-state index in [2.05, 4.69) is 10.4 Å². The van der Waals surface area contributed by atoms with E-state index in [9.17, 15) is 9.59 Å². The second kappa shape index (κ2) is 8.51. The predicted molar refractivity (Wildman–Crippen MR) is 103 cm³/mol. The average molecular weight is 384 g/mol. The summed E-state index contributed by atoms with van der Waals surface area (Å²) in [5, 5.41) is 7.42. The molecule has 0 fully saturated rings. The van der Waals surface area contributed by atoms with Crippen LogP contribution >= 0.6 is 11.6 Å². The number of amides is 1. The van der Waals surface area contributed by atoms with E-state index >= 15 is 0 Å². The Balaban J connectivity index is 1.49. The smallest absolute Gasteiger partial charge is 0.310 e. The Hall–Kier alpha value is -3.12. The first-order valence-corrected chi connectivity index (χ1v) is 8.69. The fourth-order valence-electron chi connectivity index (χ4n) is 2.40. The molecular weight excluding hydrogens is 366 g/mol. The minimum atomic E-state index is -0.500. The highest BCUT2D eigenvalue weighted by Gasteiger charge is 2.11. The monoisotopic (exact) mass is 383 g/mol. The van der Waals surface area contributed by atoms with Gasteiger partial charge in [0.2, 0.25) is 0 Å². The quantitative estimate of drug-likeness (QED) is 0.660. The zero-order chi connectivity index (χ0) is 19.2. The minimum absolute atomic E-state index is 0.0382. The van der Waals surface area contributed by atoms with Gasteiger partial charge in [-0.25, -0.2) is 4.68 Å². The van der Waals surface area contributed by atoms with Crippen molar-refractivity contribution in [3.05, 3.63) is 77.1 Å². The zero-order valence-corrected chi connectivity index (χ0v) is 15.4. The highest BCUT2D eigenvalue weighted by Crippen LogP contribution is 2.19. The van der Waals surface area contributed by atoms with Crippen LogP contribution in [0.15, 0.2) is 60.9 Å². The van der Waals surface area contributed by atoms with Crippen LogP contribution in [0.4, 0.5) is 5.69 Å². The van der Waals surface area contributed by atoms with Gasteiger partial charge in [-0.2, -0.15) is 5.10 Å². The maximum absolute atomic E-state index is 12.0. The molecule has 0 aliphatic carbocycles. The maximum Gasteiger partial charge on any atom is 0.310 e. The maximum atomic E-state index is 12.0. The van der Waals surface area contributed by atoms with Gasteiger partial charge in [0, 0.05) is 22.5 Å². The number of anilines is 1. The second-order valence-electron chi connectivity index (χ2n) is 5.98. The number of carbonyl (C=O) groups excluding carboxylic acids is 2. The van der Waals surface area contributed by atoms with Gasteiger partial charge in [0.05, 0.1) is 18.3 Å². The summed E-state index contributed by atoms with van der Waals surface area (Å²) in [6.07, 6.45) is 3.39. The summed E-state index contributed by atoms with van der Waals surface area (Å²) in [6, 6.07) is 14.7. The molecule has 3 rings (SSSR count). The van der Waals surface area contributed by atoms with Crippen molar-refractivity contribution < 1.29 is 14.3 Å². The summed E-state index contributed by atoms with van der Waals surface area (Å²) in [7, 11) is 0. The summed E-state index contributed by atoms with van der Waals surface area (Å²) in [6.45, 7) is 1.51. The van der Waals surface area contributed by atoms with Gasteiger partial charge in [0.1, 0.15) is 0 Å². The van der Waals surface area contributed by atoms with Gasteiger partial charge >= 0.3 is 5.97 Å². The molecule has 0 unspecified atom stereocenters. The van der Waals surface area contributed by atoms with Crippen LogP contribution in [0.1, 0.15) is 11.1 Å². The summed E-state index contributed by atoms with van der Waals surface area (Å²) in [5.41, 5.74) is 3.07. The summed E-state index contributed by atoms with van der Waals surface area (Å²) in [4.78, 5) is 23.9. The molecule has 0 aliphatic rings. The van der Waals surface area contributed by atoms with Crippen LogP contribution in [0.25, 0.3) is 5.69 Å². The Morgan fingerprint density at radius 1 is 1.19 bits per heavy atom. The summed E-state index contributed by atoms with van der Waals surface area (Å²) >= 11 is 6.02. The van der Waals surface area contributed by atoms with Crippen LogP contribution in [-0.4, -0.2) is 28.3 Å². The van der Waals surface area contributed by atoms with Gasteiger partial charge in [-0.15, -0.1) is 0 Å². The molecule has 0 saturated carbocycles. The largest absolute Gasteiger partial charge is 0.455 e. The van der Waals surface area contributed by atoms with Gasteiger partial charge in [-0.3, -0.25) is 9.59 Å². The Bertz CT molecular complexity index is 954. The topological polar surface area (TPSA) is 73.2 Å². The summed E-state index contributed by atoms with van der Waals surface area (Å²) in [5.74, 6) is -0.928. The second-order valence-corrected chi connectivity index (χ2v) is 6.39. The molecule has 138 valence electrons. The fourth-order valence-corrected chi connectivity index (χ4v) is 2.59. The number of ether oxygens (including phenoxy) is 1. The molecule has 6 nitrogen and oxygen atoms in total. The third-order valence-corrected chi connectivity index (χ3v) is 4.23. The number of rotatable bonds is 6. The van der Waals surface area contributed by atoms with Crippen molar-refractivity contribution in [1.82, 2.24) is 9.78 Å². The number of hydrogen-bond acceptors (Lipinski definition) is 4. The third kappa shape index (κ3) is 5.18. The van der Waals surface area contributed by atoms with Crippen molar-refractivity contribution in [2.45, 2.75) is 13.3 Å². The van der Waals surface area contributed by atoms with E-state index in [1.165, 1.54) is 0 Å². The number of hydrogen-bond donors (Lipinski definition) is 1. The Morgan fingerprint density at radius 2 is 1.96 bits per heavy atom. The van der Waals surface area contributed by atoms with Crippen molar-refractivity contribution in [2.75, 3.05) is 11.9 Å². The highest BCUT2D eigenvalue weighted by atomic mass is 35.5. The predicted octanol–water partition coefficient (Wildman–Crippen LogP) is 3.56. The van der Waals surface area contributed by atoms with Crippen molar-refractivity contribution in [3.63, 3.8) is 0 Å². The number of benzene rings is 2. The van der Waals surface area contributed by atoms with Crippen molar-refractivity contribution in [2.24, 2.45) is 0 Å². The number of halogens is 1. The number of nitrogens with zero attached hydrogens (tertiary/aromatic N) is 2. The number of esters is 1. The van der Waals surface area contributed by atoms with E-state index < -0.39 is 11.9 Å². The molecule has 27 heavy (non-hydrogen) atoms. The first-order chi connectivity index (χ1) is 13.0. The van der Waals surface area contributed by atoms with Crippen LogP contribution < -0.4 is 5.32 Å². The van der Waals surface area contributed by atoms with Gasteiger partial charge in [0.25, 0.3) is 5.91 Å². The number of aryl methyl sites for hydroxylation is 1. The highest BCUT2D eigenvalue weighted by molar-refractivity contribution is 6.31. The molecule has 0 atom stereocenters. The molecule has 0 radical (unpaired) electrons. The third-order valence-electron chi connectivity index (χ3n) is 3.83. The molecule has 0 aliphatic heterocycles. The Morgan fingerprint density at radius 3 is 2.70 bits per heavy atom. The van der Waals surface area contributed by atoms with Crippen molar-refractivity contribution >= 4 is 29.2 Å². The zero-order valence-electron chi connectivity index (χ0n) is 14.7. The lowest BCUT2D eigenvalue weighted by molar-refractivity contribution is -0.146. The first kappa shape index (κ1) is 18.7. The fraction of sp³-hybridized carbons (Fsp3) is 0.150. The van der Waals surface area contributed by atoms with Crippen LogP contribution in [0.2, 0.25) is 5.02 Å². The lowest BCUT2D eigenvalue weighted by Crippen LogP contribution is -2.21. The molecule has 0 saturated heterocycles. The molecule has 0 spiro atoms. The number of para-hydroxylation sites is 1. The molecule has 1 N–H and O–H groups in total. The Kier molecular flexibility index (Phi) is 5.88. The van der Waals surface area contributed by atoms with Gasteiger partial charge in [-0.1, -0.05) is 35.9 Å². The SMILES string of the molecule is Cc1ccc(NC(=O)COC(=O)Cc2cnn(-c3ccccc3)c2)cc1Cl. The van der Waals surface area contributed by atoms with Crippen molar-refractivity contribution in [3.8, 4) is 5.69 Å². The van der Waals surface area contributed by atoms with Crippen LogP contribution in [0.5, 0.6) is 0 Å². The molecule has 2 aromatic carbocycles. The van der Waals surface area contributed by atoms with E-state index in [0.29, 0.717) is 16.3 Å². The molecule has 1 amide bonds. The summed E-state index contributed by atoms with van der Waals surface area (Å²) < 4.78 is 6.70. The average Bonchev–Trinajstić information content (AvgIpc) is 3.12. The lowest BCUT2D eigenvalue weighted by Gasteiger charge is -2.07. The molecule has 1 aromatic heterocycles. The van der Waals surface area contributed by atoms with E-state index in [1.807, 2.05) is 37.3 Å². The van der Waals surface area contributed by atoms with Crippen LogP contribution in [0, 0.1) is 6.92 Å². The molecule has 1 heterocycles. The Labute approximate surface area is 161 Å². The van der Waals surface area contributed by atoms with Crippen LogP contribution in [0.3, 0.4) is 0 Å². The van der Waals surface area contributed by atoms with Crippen LogP contribution in [-0.2, 0) is 20.7 Å². The van der Waals surface area contributed by atoms with Gasteiger partial charge in [0.15, 0.2) is 6.61 Å². The van der Waals surface area contributed by atoms with E-state index in [0.717, 1.165) is 11.3 Å². The molecule has 3 aromatic rings. The lowest BCUT2D eigenvalue weighted by atomic mass is 10.2. The number of carbonyl (C=O) groups is 2. The van der Waals surface area contributed by atoms with Gasteiger partial charge in [-0.05, 0) is 36.8 Å². The molecule has 0 bridgehead atoms. The minimum Gasteiger partial charge on any atom is -0.455 e. The molecule has 7 heteroatoms. The van der Waals surface area contributed by atoms with E-state index in [1.54, 1.807) is 35.3 Å². The van der Waals surface area contributed by atoms with E-state index in [4.69, 9.17) is 16.3 Å². The standard InChI is InChI=1S/C20H18ClN3O3/c1-14-7-8-16(10-18(14)21)23-19(25)13-27-20(26)9-15-11-22-24(12-15)17-5-3-2-4-6-17/h2-8,10-12H,9,13H2,1H3,(H,23,25).